The smallest absolute Gasteiger partial charge is 0.270 e. The molecule has 0 saturated heterocycles. The summed E-state index contributed by atoms with van der Waals surface area (Å²) in [5, 5.41) is 4.96. The van der Waals surface area contributed by atoms with Crippen LogP contribution in [0.25, 0.3) is 16.3 Å². The number of fused-ring (bicyclic) bond motifs is 1. The van der Waals surface area contributed by atoms with Crippen molar-refractivity contribution in [3.8, 4) is 11.5 Å². The van der Waals surface area contributed by atoms with Crippen LogP contribution in [0.1, 0.15) is 30.5 Å². The van der Waals surface area contributed by atoms with E-state index in [-0.39, 0.29) is 11.4 Å². The summed E-state index contributed by atoms with van der Waals surface area (Å²) in [6, 6.07) is 13.2. The Labute approximate surface area is 199 Å². The Kier molecular flexibility index (Phi) is 5.28. The number of allylic oxidation sites excluding steroid dienone is 1. The van der Waals surface area contributed by atoms with E-state index in [2.05, 4.69) is 11.4 Å². The second-order valence-corrected chi connectivity index (χ2v) is 10.2. The molecule has 0 fully saturated rings. The van der Waals surface area contributed by atoms with Gasteiger partial charge in [0.25, 0.3) is 15.9 Å². The van der Waals surface area contributed by atoms with Crippen LogP contribution in [0, 0.1) is 0 Å². The Balaban J connectivity index is 1.65. The first kappa shape index (κ1) is 22.3. The number of ether oxygens (including phenoxy) is 2. The van der Waals surface area contributed by atoms with Gasteiger partial charge in [-0.3, -0.25) is 9.10 Å². The molecule has 1 aliphatic carbocycles. The number of sulfonamides is 1. The van der Waals surface area contributed by atoms with Gasteiger partial charge in [0.2, 0.25) is 0 Å². The predicted molar refractivity (Wildman–Crippen MR) is 134 cm³/mol. The van der Waals surface area contributed by atoms with Crippen LogP contribution >= 0.6 is 0 Å². The number of carbonyl (C=O) groups excluding carboxylic acids is 1. The third-order valence-corrected chi connectivity index (χ3v) is 8.72. The van der Waals surface area contributed by atoms with Crippen molar-refractivity contribution in [3.05, 3.63) is 64.1 Å². The third-order valence-electron chi connectivity index (χ3n) is 6.68. The van der Waals surface area contributed by atoms with E-state index >= 15 is 0 Å². The number of methoxy groups -OCH3 is 2. The van der Waals surface area contributed by atoms with Crippen molar-refractivity contribution in [1.29, 1.82) is 0 Å². The molecule has 8 heteroatoms. The summed E-state index contributed by atoms with van der Waals surface area (Å²) in [7, 11) is -1.08. The molecule has 0 aromatic heterocycles. The summed E-state index contributed by atoms with van der Waals surface area (Å²) >= 11 is 0. The van der Waals surface area contributed by atoms with Crippen molar-refractivity contribution >= 4 is 43.7 Å². The van der Waals surface area contributed by atoms with Crippen molar-refractivity contribution in [2.75, 3.05) is 30.4 Å². The van der Waals surface area contributed by atoms with Gasteiger partial charge < -0.3 is 14.8 Å². The van der Waals surface area contributed by atoms with E-state index in [4.69, 9.17) is 9.47 Å². The van der Waals surface area contributed by atoms with Crippen molar-refractivity contribution in [3.63, 3.8) is 0 Å². The largest absolute Gasteiger partial charge is 0.493 e. The molecular formula is C26H26N2O5S. The summed E-state index contributed by atoms with van der Waals surface area (Å²) in [5.74, 6) is 0.224. The van der Waals surface area contributed by atoms with Crippen LogP contribution in [0.15, 0.2) is 47.4 Å². The predicted octanol–water partition coefficient (Wildman–Crippen LogP) is 4.50. The van der Waals surface area contributed by atoms with E-state index < -0.39 is 15.9 Å². The van der Waals surface area contributed by atoms with Gasteiger partial charge in [-0.05, 0) is 60.9 Å². The molecular weight excluding hydrogens is 452 g/mol. The Hall–Kier alpha value is -3.52. The molecule has 1 N–H and O–H groups in total. The first-order valence-electron chi connectivity index (χ1n) is 11.2. The van der Waals surface area contributed by atoms with Crippen molar-refractivity contribution in [2.45, 2.75) is 26.7 Å². The molecule has 3 aromatic rings. The fourth-order valence-electron chi connectivity index (χ4n) is 5.09. The first-order valence-corrected chi connectivity index (χ1v) is 12.6. The second-order valence-electron chi connectivity index (χ2n) is 8.41. The van der Waals surface area contributed by atoms with E-state index in [0.29, 0.717) is 34.0 Å². The van der Waals surface area contributed by atoms with Gasteiger partial charge in [-0.15, -0.1) is 0 Å². The number of nitrogens with one attached hydrogen (secondary N) is 1. The molecule has 0 radical (unpaired) electrons. The van der Waals surface area contributed by atoms with E-state index in [9.17, 15) is 13.2 Å². The van der Waals surface area contributed by atoms with E-state index in [1.165, 1.54) is 29.7 Å². The monoisotopic (exact) mass is 478 g/mol. The molecule has 3 aromatic carbocycles. The van der Waals surface area contributed by atoms with Gasteiger partial charge in [0.1, 0.15) is 0 Å². The normalized spacial score (nSPS) is 15.9. The zero-order valence-electron chi connectivity index (χ0n) is 19.6. The Morgan fingerprint density at radius 2 is 1.71 bits per heavy atom. The number of carbonyl (C=O) groups is 1. The maximum atomic E-state index is 13.6. The quantitative estimate of drug-likeness (QED) is 0.584. The number of hydrogen-bond acceptors (Lipinski definition) is 5. The molecule has 0 atom stereocenters. The van der Waals surface area contributed by atoms with Gasteiger partial charge in [0.05, 0.1) is 19.9 Å². The summed E-state index contributed by atoms with van der Waals surface area (Å²) in [5.41, 5.74) is 4.53. The lowest BCUT2D eigenvalue weighted by molar-refractivity contribution is -0.112. The second kappa shape index (κ2) is 8.06. The van der Waals surface area contributed by atoms with Gasteiger partial charge in [0.15, 0.2) is 16.4 Å². The fraction of sp³-hybridized carbons (Fsp3) is 0.269. The first-order chi connectivity index (χ1) is 16.3. The summed E-state index contributed by atoms with van der Waals surface area (Å²) in [6.07, 6.45) is 1.94. The minimum atomic E-state index is -4.09. The standard InChI is InChI=1S/C26H26N2O5S/c1-5-28-21-14-23(33-4)22(32-3)13-19(21)15(2)25(34(28,30)31)26(29)27-20-12-11-17-10-9-16-7-6-8-18(20)24(16)17/h6-8,11-14H,5,9-10H2,1-4H3,(H,27,29). The average molecular weight is 479 g/mol. The van der Waals surface area contributed by atoms with Crippen LogP contribution in [0.2, 0.25) is 0 Å². The highest BCUT2D eigenvalue weighted by Gasteiger charge is 2.39. The molecule has 34 heavy (non-hydrogen) atoms. The van der Waals surface area contributed by atoms with E-state index in [1.807, 2.05) is 24.3 Å². The van der Waals surface area contributed by atoms with Crippen LogP contribution in [0.3, 0.4) is 0 Å². The lowest BCUT2D eigenvalue weighted by Crippen LogP contribution is -2.39. The minimum Gasteiger partial charge on any atom is -0.493 e. The molecule has 176 valence electrons. The molecule has 1 heterocycles. The maximum absolute atomic E-state index is 13.6. The zero-order chi connectivity index (χ0) is 24.2. The number of aryl methyl sites for hydroxylation is 2. The van der Waals surface area contributed by atoms with Crippen LogP contribution in [0.5, 0.6) is 11.5 Å². The molecule has 0 spiro atoms. The van der Waals surface area contributed by atoms with Crippen LogP contribution in [0.4, 0.5) is 11.4 Å². The molecule has 0 bridgehead atoms. The summed E-state index contributed by atoms with van der Waals surface area (Å²) in [4.78, 5) is 13.3. The SMILES string of the molecule is CCN1c2cc(OC)c(OC)cc2C(C)=C(C(=O)Nc2ccc3c4c(cccc24)CC3)S1(=O)=O. The highest BCUT2D eigenvalue weighted by Crippen LogP contribution is 2.45. The number of amides is 1. The van der Waals surface area contributed by atoms with Crippen LogP contribution in [-0.4, -0.2) is 35.1 Å². The topological polar surface area (TPSA) is 84.9 Å². The maximum Gasteiger partial charge on any atom is 0.270 e. The van der Waals surface area contributed by atoms with Gasteiger partial charge in [-0.2, -0.15) is 0 Å². The molecule has 0 unspecified atom stereocenters. The molecule has 7 nitrogen and oxygen atoms in total. The molecule has 0 saturated carbocycles. The molecule has 1 amide bonds. The number of hydrogen-bond donors (Lipinski definition) is 1. The molecule has 5 rings (SSSR count). The average Bonchev–Trinajstić information content (AvgIpc) is 3.24. The Morgan fingerprint density at radius 1 is 1.03 bits per heavy atom. The lowest BCUT2D eigenvalue weighted by Gasteiger charge is -2.32. The van der Waals surface area contributed by atoms with Gasteiger partial charge in [0, 0.05) is 29.2 Å². The highest BCUT2D eigenvalue weighted by atomic mass is 32.2. The number of rotatable bonds is 5. The van der Waals surface area contributed by atoms with Crippen molar-refractivity contribution < 1.29 is 22.7 Å². The van der Waals surface area contributed by atoms with Crippen LogP contribution in [-0.2, 0) is 27.7 Å². The fourth-order valence-corrected chi connectivity index (χ4v) is 6.85. The van der Waals surface area contributed by atoms with Crippen molar-refractivity contribution in [1.82, 2.24) is 0 Å². The molecule has 2 aliphatic rings. The van der Waals surface area contributed by atoms with Gasteiger partial charge in [-0.25, -0.2) is 8.42 Å². The number of nitrogens with zero attached hydrogens (tertiary/aromatic N) is 1. The van der Waals surface area contributed by atoms with Crippen LogP contribution < -0.4 is 19.1 Å². The summed E-state index contributed by atoms with van der Waals surface area (Å²) in [6.45, 7) is 3.55. The van der Waals surface area contributed by atoms with E-state index in [0.717, 1.165) is 23.6 Å². The Morgan fingerprint density at radius 3 is 2.38 bits per heavy atom. The highest BCUT2D eigenvalue weighted by molar-refractivity contribution is 7.97. The summed E-state index contributed by atoms with van der Waals surface area (Å²) < 4.78 is 39.3. The van der Waals surface area contributed by atoms with Gasteiger partial charge in [-0.1, -0.05) is 24.3 Å². The van der Waals surface area contributed by atoms with E-state index in [1.54, 1.807) is 26.0 Å². The van der Waals surface area contributed by atoms with Crippen molar-refractivity contribution in [2.24, 2.45) is 0 Å². The zero-order valence-corrected chi connectivity index (χ0v) is 20.4. The van der Waals surface area contributed by atoms with Gasteiger partial charge >= 0.3 is 0 Å². The molecule has 1 aliphatic heterocycles. The lowest BCUT2D eigenvalue weighted by atomic mass is 10.0. The number of benzene rings is 3. The number of anilines is 2. The third kappa shape index (κ3) is 3.16. The minimum absolute atomic E-state index is 0.163. The Bertz CT molecular complexity index is 1480.